The second kappa shape index (κ2) is 6.23. The molecule has 0 heterocycles. The van der Waals surface area contributed by atoms with E-state index in [4.69, 9.17) is 0 Å². The predicted octanol–water partition coefficient (Wildman–Crippen LogP) is 3.68. The van der Waals surface area contributed by atoms with Gasteiger partial charge < -0.3 is 5.11 Å². The Morgan fingerprint density at radius 2 is 2.13 bits per heavy atom. The topological polar surface area (TPSA) is 20.2 Å². The third-order valence-corrected chi connectivity index (χ3v) is 3.01. The molecule has 1 N–H and O–H groups in total. The Morgan fingerprint density at radius 3 is 2.80 bits per heavy atom. The fourth-order valence-corrected chi connectivity index (χ4v) is 1.95. The third-order valence-electron chi connectivity index (χ3n) is 2.40. The average molecular weight is 275 g/mol. The van der Waals surface area contributed by atoms with Crippen LogP contribution in [-0.2, 0) is 6.42 Å². The van der Waals surface area contributed by atoms with E-state index in [0.29, 0.717) is 22.9 Å². The summed E-state index contributed by atoms with van der Waals surface area (Å²) in [5.74, 6) is -0.207. The van der Waals surface area contributed by atoms with Gasteiger partial charge >= 0.3 is 0 Å². The Hall–Kier alpha value is -0.410. The van der Waals surface area contributed by atoms with Crippen molar-refractivity contribution in [3.63, 3.8) is 0 Å². The van der Waals surface area contributed by atoms with Crippen LogP contribution < -0.4 is 0 Å². The number of aliphatic hydroxyl groups is 1. The van der Waals surface area contributed by atoms with Crippen molar-refractivity contribution in [2.75, 3.05) is 0 Å². The molecule has 0 fully saturated rings. The molecule has 84 valence electrons. The van der Waals surface area contributed by atoms with E-state index in [1.165, 1.54) is 0 Å². The van der Waals surface area contributed by atoms with E-state index in [9.17, 15) is 9.50 Å². The van der Waals surface area contributed by atoms with Crippen molar-refractivity contribution in [2.24, 2.45) is 0 Å². The second-order valence-electron chi connectivity index (χ2n) is 3.69. The number of halogens is 2. The number of aliphatic hydroxyl groups excluding tert-OH is 1. The summed E-state index contributed by atoms with van der Waals surface area (Å²) in [5, 5.41) is 9.54. The molecule has 3 heteroatoms. The van der Waals surface area contributed by atoms with Crippen LogP contribution in [0.2, 0.25) is 0 Å². The molecular formula is C12H16BrFO. The maximum atomic E-state index is 13.5. The summed E-state index contributed by atoms with van der Waals surface area (Å²) in [7, 11) is 0. The van der Waals surface area contributed by atoms with E-state index in [2.05, 4.69) is 15.9 Å². The first kappa shape index (κ1) is 12.7. The number of benzene rings is 1. The largest absolute Gasteiger partial charge is 0.393 e. The Morgan fingerprint density at radius 1 is 1.40 bits per heavy atom. The molecule has 0 aromatic heterocycles. The molecule has 0 amide bonds. The zero-order valence-corrected chi connectivity index (χ0v) is 10.4. The number of hydrogen-bond donors (Lipinski definition) is 1. The number of aryl methyl sites for hydroxylation is 1. The molecule has 0 bridgehead atoms. The molecule has 0 aliphatic rings. The minimum absolute atomic E-state index is 0.207. The van der Waals surface area contributed by atoms with Gasteiger partial charge in [0, 0.05) is 0 Å². The minimum Gasteiger partial charge on any atom is -0.393 e. The Labute approximate surface area is 98.4 Å². The van der Waals surface area contributed by atoms with E-state index in [-0.39, 0.29) is 11.9 Å². The summed E-state index contributed by atoms with van der Waals surface area (Å²) in [5.41, 5.74) is 0.666. The molecule has 0 spiro atoms. The summed E-state index contributed by atoms with van der Waals surface area (Å²) in [6, 6.07) is 5.26. The molecule has 15 heavy (non-hydrogen) atoms. The zero-order valence-electron chi connectivity index (χ0n) is 8.84. The first-order valence-electron chi connectivity index (χ1n) is 5.26. The number of hydrogen-bond acceptors (Lipinski definition) is 1. The maximum Gasteiger partial charge on any atom is 0.140 e. The normalized spacial score (nSPS) is 12.8. The van der Waals surface area contributed by atoms with Crippen LogP contribution >= 0.6 is 15.9 Å². The second-order valence-corrected chi connectivity index (χ2v) is 4.55. The van der Waals surface area contributed by atoms with E-state index in [0.717, 1.165) is 12.8 Å². The van der Waals surface area contributed by atoms with Gasteiger partial charge in [0.1, 0.15) is 5.82 Å². The van der Waals surface area contributed by atoms with Crippen LogP contribution in [0.4, 0.5) is 4.39 Å². The van der Waals surface area contributed by atoms with E-state index < -0.39 is 0 Å². The van der Waals surface area contributed by atoms with Gasteiger partial charge in [-0.25, -0.2) is 4.39 Å². The molecule has 0 aliphatic carbocycles. The van der Waals surface area contributed by atoms with Gasteiger partial charge in [-0.2, -0.15) is 0 Å². The molecule has 1 rings (SSSR count). The molecule has 0 saturated heterocycles. The Kier molecular flexibility index (Phi) is 5.26. The lowest BCUT2D eigenvalue weighted by Crippen LogP contribution is -2.07. The van der Waals surface area contributed by atoms with Crippen molar-refractivity contribution in [1.29, 1.82) is 0 Å². The van der Waals surface area contributed by atoms with Crippen molar-refractivity contribution in [1.82, 2.24) is 0 Å². The van der Waals surface area contributed by atoms with Crippen LogP contribution in [0.1, 0.15) is 31.7 Å². The van der Waals surface area contributed by atoms with Crippen LogP contribution in [-0.4, -0.2) is 11.2 Å². The first-order valence-corrected chi connectivity index (χ1v) is 6.05. The quantitative estimate of drug-likeness (QED) is 0.869. The van der Waals surface area contributed by atoms with Crippen LogP contribution in [0.15, 0.2) is 22.7 Å². The lowest BCUT2D eigenvalue weighted by molar-refractivity contribution is 0.153. The van der Waals surface area contributed by atoms with Crippen LogP contribution in [0.25, 0.3) is 0 Å². The molecule has 1 nitrogen and oxygen atoms in total. The summed E-state index contributed by atoms with van der Waals surface area (Å²) < 4.78 is 14.0. The summed E-state index contributed by atoms with van der Waals surface area (Å²) in [6.45, 7) is 2.03. The van der Waals surface area contributed by atoms with Crippen LogP contribution in [0.5, 0.6) is 0 Å². The minimum atomic E-state index is -0.312. The van der Waals surface area contributed by atoms with Gasteiger partial charge in [0.2, 0.25) is 0 Å². The zero-order chi connectivity index (χ0) is 11.3. The van der Waals surface area contributed by atoms with Crippen LogP contribution in [0.3, 0.4) is 0 Å². The molecule has 0 aliphatic heterocycles. The van der Waals surface area contributed by atoms with Gasteiger partial charge in [0.25, 0.3) is 0 Å². The maximum absolute atomic E-state index is 13.5. The highest BCUT2D eigenvalue weighted by atomic mass is 79.9. The fourth-order valence-electron chi connectivity index (χ4n) is 1.54. The molecule has 0 saturated carbocycles. The van der Waals surface area contributed by atoms with Gasteiger partial charge in [-0.05, 0) is 46.8 Å². The van der Waals surface area contributed by atoms with Gasteiger partial charge in [0.15, 0.2) is 0 Å². The summed E-state index contributed by atoms with van der Waals surface area (Å²) >= 11 is 3.15. The van der Waals surface area contributed by atoms with Crippen molar-refractivity contribution < 1.29 is 9.50 Å². The lowest BCUT2D eigenvalue weighted by atomic mass is 10.0. The highest BCUT2D eigenvalue weighted by Gasteiger charge is 2.08. The van der Waals surface area contributed by atoms with Gasteiger partial charge in [0.05, 0.1) is 10.6 Å². The van der Waals surface area contributed by atoms with E-state index in [1.807, 2.05) is 13.0 Å². The molecule has 0 radical (unpaired) electrons. The van der Waals surface area contributed by atoms with Gasteiger partial charge in [-0.1, -0.05) is 25.5 Å². The standard InChI is InChI=1S/C12H16BrFO/c1-2-4-10(15)8-7-9-5-3-6-11(13)12(9)14/h3,5-6,10,15H,2,4,7-8H2,1H3. The number of rotatable bonds is 5. The Bertz CT molecular complexity index is 314. The molecule has 1 aromatic rings. The smallest absolute Gasteiger partial charge is 0.140 e. The van der Waals surface area contributed by atoms with Crippen molar-refractivity contribution >= 4 is 15.9 Å². The summed E-state index contributed by atoms with van der Waals surface area (Å²) in [6.07, 6.45) is 2.65. The van der Waals surface area contributed by atoms with E-state index in [1.54, 1.807) is 12.1 Å². The van der Waals surface area contributed by atoms with Gasteiger partial charge in [-0.3, -0.25) is 0 Å². The highest BCUT2D eigenvalue weighted by molar-refractivity contribution is 9.10. The first-order chi connectivity index (χ1) is 7.15. The highest BCUT2D eigenvalue weighted by Crippen LogP contribution is 2.20. The third kappa shape index (κ3) is 3.92. The summed E-state index contributed by atoms with van der Waals surface area (Å²) in [4.78, 5) is 0. The van der Waals surface area contributed by atoms with Crippen molar-refractivity contribution in [3.05, 3.63) is 34.1 Å². The lowest BCUT2D eigenvalue weighted by Gasteiger charge is -2.09. The van der Waals surface area contributed by atoms with E-state index >= 15 is 0 Å². The van der Waals surface area contributed by atoms with Crippen molar-refractivity contribution in [3.8, 4) is 0 Å². The molecule has 1 atom stereocenters. The molecule has 1 unspecified atom stereocenters. The van der Waals surface area contributed by atoms with Gasteiger partial charge in [-0.15, -0.1) is 0 Å². The monoisotopic (exact) mass is 274 g/mol. The predicted molar refractivity (Wildman–Crippen MR) is 63.3 cm³/mol. The Balaban J connectivity index is 2.54. The average Bonchev–Trinajstić information content (AvgIpc) is 2.21. The fraction of sp³-hybridized carbons (Fsp3) is 0.500. The molecule has 1 aromatic carbocycles. The van der Waals surface area contributed by atoms with Crippen LogP contribution in [0, 0.1) is 5.82 Å². The molecular weight excluding hydrogens is 259 g/mol. The van der Waals surface area contributed by atoms with Crippen molar-refractivity contribution in [2.45, 2.75) is 38.7 Å². The SMILES string of the molecule is CCCC(O)CCc1cccc(Br)c1F.